The molecule has 0 aliphatic heterocycles. The minimum absolute atomic E-state index is 0.00466. The Morgan fingerprint density at radius 3 is 2.42 bits per heavy atom. The molecule has 0 bridgehead atoms. The van der Waals surface area contributed by atoms with Gasteiger partial charge in [-0.2, -0.15) is 0 Å². The molecule has 0 saturated carbocycles. The summed E-state index contributed by atoms with van der Waals surface area (Å²) in [4.78, 5) is 35.2. The highest BCUT2D eigenvalue weighted by atomic mass is 16.4. The molecule has 0 aliphatic carbocycles. The lowest BCUT2D eigenvalue weighted by Crippen LogP contribution is -2.47. The van der Waals surface area contributed by atoms with Crippen LogP contribution in [0.4, 0.5) is 0 Å². The maximum absolute atomic E-state index is 12.4. The third-order valence-corrected chi connectivity index (χ3v) is 3.59. The zero-order valence-electron chi connectivity index (χ0n) is 14.5. The molecule has 1 aromatic rings. The van der Waals surface area contributed by atoms with E-state index in [0.717, 1.165) is 5.56 Å². The van der Waals surface area contributed by atoms with Crippen LogP contribution in [0.25, 0.3) is 0 Å². The van der Waals surface area contributed by atoms with Crippen LogP contribution in [0, 0.1) is 12.8 Å². The number of carbonyl (C=O) groups excluding carboxylic acids is 2. The number of aliphatic carboxylic acids is 1. The van der Waals surface area contributed by atoms with Gasteiger partial charge in [0.05, 0.1) is 0 Å². The summed E-state index contributed by atoms with van der Waals surface area (Å²) >= 11 is 0. The topological polar surface area (TPSA) is 95.5 Å². The molecule has 6 heteroatoms. The lowest BCUT2D eigenvalue weighted by molar-refractivity contribution is -0.137. The van der Waals surface area contributed by atoms with Gasteiger partial charge in [-0.1, -0.05) is 32.0 Å². The van der Waals surface area contributed by atoms with E-state index >= 15 is 0 Å². The highest BCUT2D eigenvalue weighted by Crippen LogP contribution is 2.10. The molecule has 0 aliphatic rings. The second-order valence-electron chi connectivity index (χ2n) is 6.26. The number of nitrogens with one attached hydrogen (secondary N) is 2. The minimum Gasteiger partial charge on any atom is -0.481 e. The molecule has 0 fully saturated rings. The highest BCUT2D eigenvalue weighted by Gasteiger charge is 2.22. The predicted octanol–water partition coefficient (Wildman–Crippen LogP) is 2.12. The second kappa shape index (κ2) is 9.70. The van der Waals surface area contributed by atoms with Gasteiger partial charge in [0.1, 0.15) is 6.04 Å². The summed E-state index contributed by atoms with van der Waals surface area (Å²) < 4.78 is 0. The molecule has 24 heavy (non-hydrogen) atoms. The smallest absolute Gasteiger partial charge is 0.303 e. The quantitative estimate of drug-likeness (QED) is 0.603. The van der Waals surface area contributed by atoms with Gasteiger partial charge in [0, 0.05) is 18.5 Å². The van der Waals surface area contributed by atoms with Crippen molar-refractivity contribution in [2.75, 3.05) is 6.54 Å². The summed E-state index contributed by atoms with van der Waals surface area (Å²) in [5.74, 6) is -1.22. The molecular formula is C18H26N2O4. The number of benzene rings is 1. The van der Waals surface area contributed by atoms with Crippen molar-refractivity contribution in [1.29, 1.82) is 0 Å². The van der Waals surface area contributed by atoms with Crippen LogP contribution in [0.15, 0.2) is 24.3 Å². The number of hydrogen-bond donors (Lipinski definition) is 3. The summed E-state index contributed by atoms with van der Waals surface area (Å²) in [6.45, 7) is 6.08. The first-order valence-corrected chi connectivity index (χ1v) is 8.17. The number of amides is 2. The van der Waals surface area contributed by atoms with E-state index in [2.05, 4.69) is 10.6 Å². The number of carboxylic acids is 1. The van der Waals surface area contributed by atoms with Gasteiger partial charge >= 0.3 is 5.97 Å². The molecule has 1 rings (SSSR count). The van der Waals surface area contributed by atoms with Crippen molar-refractivity contribution >= 4 is 17.8 Å². The van der Waals surface area contributed by atoms with E-state index in [0.29, 0.717) is 18.4 Å². The van der Waals surface area contributed by atoms with Gasteiger partial charge in [-0.05, 0) is 37.3 Å². The van der Waals surface area contributed by atoms with Gasteiger partial charge in [-0.25, -0.2) is 0 Å². The maximum Gasteiger partial charge on any atom is 0.303 e. The van der Waals surface area contributed by atoms with Crippen LogP contribution in [-0.2, 0) is 9.59 Å². The Bertz CT molecular complexity index is 584. The normalized spacial score (nSPS) is 11.8. The number of rotatable bonds is 9. The van der Waals surface area contributed by atoms with Crippen molar-refractivity contribution in [3.05, 3.63) is 35.4 Å². The second-order valence-corrected chi connectivity index (χ2v) is 6.26. The van der Waals surface area contributed by atoms with Gasteiger partial charge in [0.2, 0.25) is 5.91 Å². The molecule has 1 unspecified atom stereocenters. The van der Waals surface area contributed by atoms with E-state index in [4.69, 9.17) is 5.11 Å². The Morgan fingerprint density at radius 2 is 1.83 bits per heavy atom. The summed E-state index contributed by atoms with van der Waals surface area (Å²) in [6, 6.07) is 6.57. The van der Waals surface area contributed by atoms with E-state index in [1.165, 1.54) is 0 Å². The Morgan fingerprint density at radius 1 is 1.17 bits per heavy atom. The van der Waals surface area contributed by atoms with Crippen LogP contribution in [0.3, 0.4) is 0 Å². The van der Waals surface area contributed by atoms with E-state index in [1.807, 2.05) is 32.9 Å². The molecule has 0 heterocycles. The maximum atomic E-state index is 12.4. The molecule has 6 nitrogen and oxygen atoms in total. The van der Waals surface area contributed by atoms with Crippen molar-refractivity contribution in [3.63, 3.8) is 0 Å². The number of hydrogen-bond acceptors (Lipinski definition) is 3. The van der Waals surface area contributed by atoms with Gasteiger partial charge in [0.25, 0.3) is 5.91 Å². The average molecular weight is 334 g/mol. The number of carbonyl (C=O) groups is 3. The van der Waals surface area contributed by atoms with Crippen LogP contribution in [0.5, 0.6) is 0 Å². The fourth-order valence-corrected chi connectivity index (χ4v) is 2.34. The monoisotopic (exact) mass is 334 g/mol. The van der Waals surface area contributed by atoms with E-state index < -0.39 is 12.0 Å². The Balaban J connectivity index is 2.67. The van der Waals surface area contributed by atoms with Crippen LogP contribution >= 0.6 is 0 Å². The van der Waals surface area contributed by atoms with Gasteiger partial charge in [-0.3, -0.25) is 14.4 Å². The Hall–Kier alpha value is -2.37. The Kier molecular flexibility index (Phi) is 7.95. The summed E-state index contributed by atoms with van der Waals surface area (Å²) in [6.07, 6.45) is 0.883. The largest absolute Gasteiger partial charge is 0.481 e. The van der Waals surface area contributed by atoms with E-state index in [9.17, 15) is 14.4 Å². The van der Waals surface area contributed by atoms with E-state index in [-0.39, 0.29) is 30.7 Å². The summed E-state index contributed by atoms with van der Waals surface area (Å²) in [5.41, 5.74) is 1.39. The average Bonchev–Trinajstić information content (AvgIpc) is 2.50. The zero-order chi connectivity index (χ0) is 18.1. The third-order valence-electron chi connectivity index (χ3n) is 3.59. The fourth-order valence-electron chi connectivity index (χ4n) is 2.34. The summed E-state index contributed by atoms with van der Waals surface area (Å²) in [5, 5.41) is 14.1. The van der Waals surface area contributed by atoms with Gasteiger partial charge < -0.3 is 15.7 Å². The highest BCUT2D eigenvalue weighted by molar-refractivity contribution is 5.98. The molecule has 0 spiro atoms. The lowest BCUT2D eigenvalue weighted by Gasteiger charge is -2.20. The number of aryl methyl sites for hydroxylation is 1. The molecule has 0 aromatic heterocycles. The van der Waals surface area contributed by atoms with Crippen molar-refractivity contribution in [3.8, 4) is 0 Å². The van der Waals surface area contributed by atoms with Gasteiger partial charge in [0.15, 0.2) is 0 Å². The molecule has 0 saturated heterocycles. The van der Waals surface area contributed by atoms with Crippen molar-refractivity contribution in [2.45, 2.75) is 46.1 Å². The van der Waals surface area contributed by atoms with Crippen LogP contribution in [-0.4, -0.2) is 35.5 Å². The molecule has 1 aromatic carbocycles. The van der Waals surface area contributed by atoms with E-state index in [1.54, 1.807) is 12.1 Å². The molecule has 132 valence electrons. The predicted molar refractivity (Wildman–Crippen MR) is 91.8 cm³/mol. The van der Waals surface area contributed by atoms with Gasteiger partial charge in [-0.15, -0.1) is 0 Å². The van der Waals surface area contributed by atoms with Crippen LogP contribution in [0.1, 0.15) is 49.0 Å². The molecular weight excluding hydrogens is 308 g/mol. The van der Waals surface area contributed by atoms with Crippen LogP contribution in [0.2, 0.25) is 0 Å². The van der Waals surface area contributed by atoms with Crippen molar-refractivity contribution < 1.29 is 19.5 Å². The number of carboxylic acid groups (broad SMARTS) is 1. The first-order valence-electron chi connectivity index (χ1n) is 8.17. The lowest BCUT2D eigenvalue weighted by atomic mass is 10.0. The fraction of sp³-hybridized carbons (Fsp3) is 0.500. The zero-order valence-corrected chi connectivity index (χ0v) is 14.5. The SMILES string of the molecule is Cc1ccccc1C(=O)NC(CC(C)C)C(=O)NCCCC(=O)O. The van der Waals surface area contributed by atoms with Crippen molar-refractivity contribution in [1.82, 2.24) is 10.6 Å². The molecule has 2 amide bonds. The summed E-state index contributed by atoms with van der Waals surface area (Å²) in [7, 11) is 0. The Labute approximate surface area is 142 Å². The third kappa shape index (κ3) is 6.81. The minimum atomic E-state index is -0.893. The standard InChI is InChI=1S/C18H26N2O4/c1-12(2)11-15(18(24)19-10-6-9-16(21)22)20-17(23)14-8-5-4-7-13(14)3/h4-5,7-8,12,15H,6,9-11H2,1-3H3,(H,19,24)(H,20,23)(H,21,22). The first-order chi connectivity index (χ1) is 11.3. The molecule has 0 radical (unpaired) electrons. The van der Waals surface area contributed by atoms with Crippen LogP contribution < -0.4 is 10.6 Å². The molecule has 1 atom stereocenters. The van der Waals surface area contributed by atoms with Crippen molar-refractivity contribution in [2.24, 2.45) is 5.92 Å². The first kappa shape index (κ1) is 19.7. The molecule has 3 N–H and O–H groups in total.